The Morgan fingerprint density at radius 3 is 2.39 bits per heavy atom. The number of ketones is 1. The lowest BCUT2D eigenvalue weighted by atomic mass is 10.0. The summed E-state index contributed by atoms with van der Waals surface area (Å²) in [7, 11) is 0. The van der Waals surface area contributed by atoms with E-state index in [1.165, 1.54) is 0 Å². The Morgan fingerprint density at radius 1 is 0.871 bits per heavy atom. The SMILES string of the molecule is Cc1cccc(OCCC(=O)OCC(=O)Nc2ccccc2C(=O)c2ccccc2)c1. The number of carbonyl (C=O) groups is 3. The fourth-order valence-corrected chi connectivity index (χ4v) is 2.90. The van der Waals surface area contributed by atoms with E-state index in [-0.39, 0.29) is 18.8 Å². The fraction of sp³-hybridized carbons (Fsp3) is 0.160. The van der Waals surface area contributed by atoms with Gasteiger partial charge in [-0.1, -0.05) is 54.6 Å². The molecule has 1 amide bonds. The summed E-state index contributed by atoms with van der Waals surface area (Å²) >= 11 is 0. The summed E-state index contributed by atoms with van der Waals surface area (Å²) in [4.78, 5) is 36.8. The van der Waals surface area contributed by atoms with Crippen LogP contribution in [0.3, 0.4) is 0 Å². The molecule has 0 aromatic heterocycles. The number of esters is 1. The molecule has 31 heavy (non-hydrogen) atoms. The predicted octanol–water partition coefficient (Wildman–Crippen LogP) is 4.18. The number of para-hydroxylation sites is 1. The third kappa shape index (κ3) is 6.54. The normalized spacial score (nSPS) is 10.2. The number of hydrogen-bond donors (Lipinski definition) is 1. The van der Waals surface area contributed by atoms with Crippen molar-refractivity contribution in [1.82, 2.24) is 0 Å². The van der Waals surface area contributed by atoms with E-state index in [1.807, 2.05) is 31.2 Å². The van der Waals surface area contributed by atoms with Gasteiger partial charge in [0, 0.05) is 11.1 Å². The molecular formula is C25H23NO5. The van der Waals surface area contributed by atoms with E-state index in [2.05, 4.69) is 5.32 Å². The number of hydrogen-bond acceptors (Lipinski definition) is 5. The van der Waals surface area contributed by atoms with Crippen molar-refractivity contribution in [2.75, 3.05) is 18.5 Å². The molecule has 3 rings (SSSR count). The highest BCUT2D eigenvalue weighted by Gasteiger charge is 2.15. The highest BCUT2D eigenvalue weighted by Crippen LogP contribution is 2.19. The smallest absolute Gasteiger partial charge is 0.309 e. The van der Waals surface area contributed by atoms with Gasteiger partial charge in [-0.3, -0.25) is 14.4 Å². The Bertz CT molecular complexity index is 1060. The molecular weight excluding hydrogens is 394 g/mol. The molecule has 0 aliphatic rings. The molecule has 0 aliphatic carbocycles. The van der Waals surface area contributed by atoms with Gasteiger partial charge in [-0.15, -0.1) is 0 Å². The minimum atomic E-state index is -0.545. The molecule has 0 radical (unpaired) electrons. The van der Waals surface area contributed by atoms with E-state index in [0.717, 1.165) is 5.56 Å². The summed E-state index contributed by atoms with van der Waals surface area (Å²) in [5.41, 5.74) is 2.30. The van der Waals surface area contributed by atoms with Gasteiger partial charge in [0.15, 0.2) is 12.4 Å². The third-order valence-corrected chi connectivity index (χ3v) is 4.41. The van der Waals surface area contributed by atoms with Crippen LogP contribution < -0.4 is 10.1 Å². The number of anilines is 1. The summed E-state index contributed by atoms with van der Waals surface area (Å²) < 4.78 is 10.5. The molecule has 0 spiro atoms. The highest BCUT2D eigenvalue weighted by molar-refractivity contribution is 6.13. The molecule has 0 unspecified atom stereocenters. The van der Waals surface area contributed by atoms with Gasteiger partial charge in [0.1, 0.15) is 5.75 Å². The van der Waals surface area contributed by atoms with E-state index in [1.54, 1.807) is 54.6 Å². The topological polar surface area (TPSA) is 81.7 Å². The first-order chi connectivity index (χ1) is 15.0. The molecule has 1 N–H and O–H groups in total. The van der Waals surface area contributed by atoms with Crippen LogP contribution in [0.5, 0.6) is 5.75 Å². The molecule has 0 atom stereocenters. The molecule has 0 aliphatic heterocycles. The number of nitrogens with one attached hydrogen (secondary N) is 1. The zero-order valence-corrected chi connectivity index (χ0v) is 17.2. The van der Waals surface area contributed by atoms with Gasteiger partial charge in [-0.25, -0.2) is 0 Å². The molecule has 0 heterocycles. The lowest BCUT2D eigenvalue weighted by molar-refractivity contribution is -0.147. The van der Waals surface area contributed by atoms with Crippen LogP contribution in [0.2, 0.25) is 0 Å². The third-order valence-electron chi connectivity index (χ3n) is 4.41. The number of amides is 1. The molecule has 158 valence electrons. The van der Waals surface area contributed by atoms with Gasteiger partial charge in [0.2, 0.25) is 0 Å². The molecule has 3 aromatic carbocycles. The van der Waals surface area contributed by atoms with E-state index in [4.69, 9.17) is 9.47 Å². The van der Waals surface area contributed by atoms with Crippen LogP contribution >= 0.6 is 0 Å². The average molecular weight is 417 g/mol. The van der Waals surface area contributed by atoms with Gasteiger partial charge >= 0.3 is 5.97 Å². The van der Waals surface area contributed by atoms with Crippen LogP contribution in [-0.2, 0) is 14.3 Å². The summed E-state index contributed by atoms with van der Waals surface area (Å²) in [6.45, 7) is 1.65. The van der Waals surface area contributed by atoms with Crippen molar-refractivity contribution in [2.24, 2.45) is 0 Å². The number of rotatable bonds is 9. The summed E-state index contributed by atoms with van der Waals surface area (Å²) in [6.07, 6.45) is 0.0182. The maximum atomic E-state index is 12.7. The minimum absolute atomic E-state index is 0.0182. The summed E-state index contributed by atoms with van der Waals surface area (Å²) in [5, 5.41) is 2.64. The Morgan fingerprint density at radius 2 is 1.61 bits per heavy atom. The first-order valence-electron chi connectivity index (χ1n) is 9.86. The largest absolute Gasteiger partial charge is 0.493 e. The van der Waals surface area contributed by atoms with Crippen molar-refractivity contribution in [3.05, 3.63) is 95.6 Å². The Hall–Kier alpha value is -3.93. The molecule has 0 bridgehead atoms. The van der Waals surface area contributed by atoms with Gasteiger partial charge in [-0.2, -0.15) is 0 Å². The highest BCUT2D eigenvalue weighted by atomic mass is 16.5. The maximum Gasteiger partial charge on any atom is 0.309 e. The summed E-state index contributed by atoms with van der Waals surface area (Å²) in [5.74, 6) is -0.607. The monoisotopic (exact) mass is 417 g/mol. The van der Waals surface area contributed by atoms with Crippen LogP contribution in [0.4, 0.5) is 5.69 Å². The number of carbonyl (C=O) groups excluding carboxylic acids is 3. The quantitative estimate of drug-likeness (QED) is 0.417. The molecule has 0 fully saturated rings. The van der Waals surface area contributed by atoms with Crippen LogP contribution in [0.15, 0.2) is 78.9 Å². The van der Waals surface area contributed by atoms with Crippen molar-refractivity contribution < 1.29 is 23.9 Å². The van der Waals surface area contributed by atoms with E-state index in [9.17, 15) is 14.4 Å². The second-order valence-electron chi connectivity index (χ2n) is 6.86. The van der Waals surface area contributed by atoms with E-state index < -0.39 is 18.5 Å². The van der Waals surface area contributed by atoms with Gasteiger partial charge in [0.25, 0.3) is 5.91 Å². The number of ether oxygens (including phenoxy) is 2. The van der Waals surface area contributed by atoms with Crippen molar-refractivity contribution in [3.8, 4) is 5.75 Å². The van der Waals surface area contributed by atoms with Gasteiger partial charge in [0.05, 0.1) is 18.7 Å². The Kier molecular flexibility index (Phi) is 7.54. The van der Waals surface area contributed by atoms with Crippen LogP contribution in [-0.4, -0.2) is 30.9 Å². The number of aryl methyl sites for hydroxylation is 1. The number of benzene rings is 3. The first-order valence-corrected chi connectivity index (χ1v) is 9.86. The molecule has 6 nitrogen and oxygen atoms in total. The first kappa shape index (κ1) is 21.8. The van der Waals surface area contributed by atoms with Crippen molar-refractivity contribution in [1.29, 1.82) is 0 Å². The molecule has 0 saturated heterocycles. The van der Waals surface area contributed by atoms with Crippen molar-refractivity contribution >= 4 is 23.3 Å². The Balaban J connectivity index is 1.48. The van der Waals surface area contributed by atoms with Crippen molar-refractivity contribution in [2.45, 2.75) is 13.3 Å². The maximum absolute atomic E-state index is 12.7. The second-order valence-corrected chi connectivity index (χ2v) is 6.86. The molecule has 6 heteroatoms. The summed E-state index contributed by atoms with van der Waals surface area (Å²) in [6, 6.07) is 23.0. The second kappa shape index (κ2) is 10.7. The zero-order valence-electron chi connectivity index (χ0n) is 17.2. The van der Waals surface area contributed by atoms with E-state index >= 15 is 0 Å². The lowest BCUT2D eigenvalue weighted by Crippen LogP contribution is -2.22. The van der Waals surface area contributed by atoms with Crippen molar-refractivity contribution in [3.63, 3.8) is 0 Å². The zero-order chi connectivity index (χ0) is 22.1. The predicted molar refractivity (Wildman–Crippen MR) is 117 cm³/mol. The minimum Gasteiger partial charge on any atom is -0.493 e. The standard InChI is InChI=1S/C25H23NO5/c1-18-8-7-11-20(16-18)30-15-14-24(28)31-17-23(27)26-22-13-6-5-12-21(22)25(29)19-9-3-2-4-10-19/h2-13,16H,14-15,17H2,1H3,(H,26,27). The van der Waals surface area contributed by atoms with Gasteiger partial charge in [-0.05, 0) is 36.8 Å². The van der Waals surface area contributed by atoms with Crippen LogP contribution in [0.25, 0.3) is 0 Å². The molecule has 0 saturated carbocycles. The Labute approximate surface area is 180 Å². The fourth-order valence-electron chi connectivity index (χ4n) is 2.90. The average Bonchev–Trinajstić information content (AvgIpc) is 2.78. The van der Waals surface area contributed by atoms with E-state index in [0.29, 0.717) is 22.6 Å². The van der Waals surface area contributed by atoms with Crippen LogP contribution in [0.1, 0.15) is 27.9 Å². The van der Waals surface area contributed by atoms with Gasteiger partial charge < -0.3 is 14.8 Å². The van der Waals surface area contributed by atoms with Crippen LogP contribution in [0, 0.1) is 6.92 Å². The lowest BCUT2D eigenvalue weighted by Gasteiger charge is -2.11. The molecule has 3 aromatic rings.